The molecule has 0 bridgehead atoms. The molecule has 0 unspecified atom stereocenters. The van der Waals surface area contributed by atoms with Crippen molar-refractivity contribution in [1.29, 1.82) is 0 Å². The summed E-state index contributed by atoms with van der Waals surface area (Å²) in [4.78, 5) is 13.8. The van der Waals surface area contributed by atoms with Crippen molar-refractivity contribution < 1.29 is 4.79 Å². The molecule has 0 spiro atoms. The molecule has 2 rings (SSSR count). The first kappa shape index (κ1) is 13.7. The molecular formula is C14H18ClN3O. The van der Waals surface area contributed by atoms with Gasteiger partial charge < -0.3 is 15.5 Å². The molecule has 1 saturated heterocycles. The number of nitrogens with zero attached hydrogens (tertiary/aromatic N) is 1. The summed E-state index contributed by atoms with van der Waals surface area (Å²) in [5, 5.41) is 6.05. The summed E-state index contributed by atoms with van der Waals surface area (Å²) in [5.74, 6) is 0. The minimum absolute atomic E-state index is 0.259. The van der Waals surface area contributed by atoms with Crippen molar-refractivity contribution in [2.45, 2.75) is 12.8 Å². The number of benzene rings is 1. The van der Waals surface area contributed by atoms with Gasteiger partial charge in [0, 0.05) is 25.3 Å². The second-order valence-corrected chi connectivity index (χ2v) is 4.89. The summed E-state index contributed by atoms with van der Waals surface area (Å²) >= 11 is 6.27. The van der Waals surface area contributed by atoms with Gasteiger partial charge in [-0.25, -0.2) is 4.79 Å². The number of carbonyl (C=O) groups is 1. The summed E-state index contributed by atoms with van der Waals surface area (Å²) in [7, 11) is 0. The van der Waals surface area contributed by atoms with Crippen molar-refractivity contribution in [2.75, 3.05) is 29.9 Å². The van der Waals surface area contributed by atoms with E-state index in [0.29, 0.717) is 17.3 Å². The Morgan fingerprint density at radius 3 is 2.79 bits per heavy atom. The molecule has 1 aromatic carbocycles. The lowest BCUT2D eigenvalue weighted by Gasteiger charge is -2.19. The van der Waals surface area contributed by atoms with Crippen LogP contribution in [-0.4, -0.2) is 25.7 Å². The molecule has 4 nitrogen and oxygen atoms in total. The number of rotatable bonds is 4. The van der Waals surface area contributed by atoms with Gasteiger partial charge in [-0.15, -0.1) is 6.58 Å². The van der Waals surface area contributed by atoms with Crippen LogP contribution in [0.1, 0.15) is 12.8 Å². The molecule has 102 valence electrons. The summed E-state index contributed by atoms with van der Waals surface area (Å²) in [6.07, 6.45) is 4.05. The Morgan fingerprint density at radius 2 is 2.16 bits per heavy atom. The van der Waals surface area contributed by atoms with Crippen LogP contribution in [0, 0.1) is 0 Å². The average Bonchev–Trinajstić information content (AvgIpc) is 2.90. The number of anilines is 2. The van der Waals surface area contributed by atoms with Gasteiger partial charge in [-0.05, 0) is 31.0 Å². The number of halogens is 1. The minimum atomic E-state index is -0.259. The fourth-order valence-electron chi connectivity index (χ4n) is 2.14. The van der Waals surface area contributed by atoms with Gasteiger partial charge in [0.2, 0.25) is 0 Å². The van der Waals surface area contributed by atoms with E-state index in [1.54, 1.807) is 12.1 Å². The van der Waals surface area contributed by atoms with Crippen LogP contribution in [-0.2, 0) is 0 Å². The molecule has 1 aliphatic heterocycles. The first-order chi connectivity index (χ1) is 9.20. The summed E-state index contributed by atoms with van der Waals surface area (Å²) in [6, 6.07) is 5.34. The van der Waals surface area contributed by atoms with E-state index in [1.165, 1.54) is 12.8 Å². The highest BCUT2D eigenvalue weighted by atomic mass is 35.5. The number of hydrogen-bond donors (Lipinski definition) is 2. The van der Waals surface area contributed by atoms with Crippen LogP contribution in [0.15, 0.2) is 30.9 Å². The molecular weight excluding hydrogens is 262 g/mol. The zero-order chi connectivity index (χ0) is 13.7. The third-order valence-electron chi connectivity index (χ3n) is 3.06. The largest absolute Gasteiger partial charge is 0.370 e. The standard InChI is InChI=1S/C14H18ClN3O/c1-2-7-16-14(19)17-11-5-6-13(12(15)10-11)18-8-3-4-9-18/h2,5-6,10H,1,3-4,7-9H2,(H2,16,17,19). The lowest BCUT2D eigenvalue weighted by atomic mass is 10.2. The maximum absolute atomic E-state index is 11.5. The lowest BCUT2D eigenvalue weighted by molar-refractivity contribution is 0.253. The number of carbonyl (C=O) groups excluding carboxylic acids is 1. The smallest absolute Gasteiger partial charge is 0.319 e. The fourth-order valence-corrected chi connectivity index (χ4v) is 2.44. The van der Waals surface area contributed by atoms with Crippen LogP contribution < -0.4 is 15.5 Å². The topological polar surface area (TPSA) is 44.4 Å². The molecule has 1 fully saturated rings. The SMILES string of the molecule is C=CCNC(=O)Nc1ccc(N2CCCC2)c(Cl)c1. The van der Waals surface area contributed by atoms with E-state index in [2.05, 4.69) is 22.1 Å². The molecule has 0 saturated carbocycles. The van der Waals surface area contributed by atoms with Crippen LogP contribution >= 0.6 is 11.6 Å². The summed E-state index contributed by atoms with van der Waals surface area (Å²) in [5.41, 5.74) is 1.73. The van der Waals surface area contributed by atoms with E-state index < -0.39 is 0 Å². The molecule has 0 radical (unpaired) electrons. The fraction of sp³-hybridized carbons (Fsp3) is 0.357. The van der Waals surface area contributed by atoms with Crippen LogP contribution in [0.5, 0.6) is 0 Å². The second kappa shape index (κ2) is 6.48. The van der Waals surface area contributed by atoms with Gasteiger partial charge in [0.05, 0.1) is 10.7 Å². The van der Waals surface area contributed by atoms with Crippen LogP contribution in [0.25, 0.3) is 0 Å². The van der Waals surface area contributed by atoms with E-state index in [0.717, 1.165) is 18.8 Å². The zero-order valence-electron chi connectivity index (χ0n) is 10.8. The molecule has 5 heteroatoms. The molecule has 2 amide bonds. The Kier molecular flexibility index (Phi) is 4.68. The zero-order valence-corrected chi connectivity index (χ0v) is 11.5. The highest BCUT2D eigenvalue weighted by Crippen LogP contribution is 2.31. The number of amides is 2. The van der Waals surface area contributed by atoms with Crippen molar-refractivity contribution in [1.82, 2.24) is 5.32 Å². The van der Waals surface area contributed by atoms with Gasteiger partial charge in [0.1, 0.15) is 0 Å². The van der Waals surface area contributed by atoms with Gasteiger partial charge in [-0.2, -0.15) is 0 Å². The predicted octanol–water partition coefficient (Wildman–Crippen LogP) is 3.25. The van der Waals surface area contributed by atoms with Crippen molar-refractivity contribution >= 4 is 29.0 Å². The van der Waals surface area contributed by atoms with Gasteiger partial charge in [0.15, 0.2) is 0 Å². The van der Waals surface area contributed by atoms with E-state index in [1.807, 2.05) is 12.1 Å². The van der Waals surface area contributed by atoms with E-state index in [-0.39, 0.29) is 6.03 Å². The first-order valence-corrected chi connectivity index (χ1v) is 6.79. The first-order valence-electron chi connectivity index (χ1n) is 6.41. The van der Waals surface area contributed by atoms with Crippen LogP contribution in [0.3, 0.4) is 0 Å². The van der Waals surface area contributed by atoms with E-state index >= 15 is 0 Å². The Morgan fingerprint density at radius 1 is 1.42 bits per heavy atom. The molecule has 19 heavy (non-hydrogen) atoms. The number of nitrogens with one attached hydrogen (secondary N) is 2. The molecule has 1 aliphatic rings. The van der Waals surface area contributed by atoms with E-state index in [4.69, 9.17) is 11.6 Å². The molecule has 1 aromatic rings. The summed E-state index contributed by atoms with van der Waals surface area (Å²) in [6.45, 7) is 6.07. The maximum Gasteiger partial charge on any atom is 0.319 e. The molecule has 1 heterocycles. The number of urea groups is 1. The van der Waals surface area contributed by atoms with Crippen molar-refractivity contribution in [3.05, 3.63) is 35.9 Å². The highest BCUT2D eigenvalue weighted by molar-refractivity contribution is 6.33. The van der Waals surface area contributed by atoms with E-state index in [9.17, 15) is 4.79 Å². The average molecular weight is 280 g/mol. The number of hydrogen-bond acceptors (Lipinski definition) is 2. The summed E-state index contributed by atoms with van der Waals surface area (Å²) < 4.78 is 0. The Hall–Kier alpha value is -1.68. The highest BCUT2D eigenvalue weighted by Gasteiger charge is 2.15. The van der Waals surface area contributed by atoms with Gasteiger partial charge in [-0.3, -0.25) is 0 Å². The maximum atomic E-state index is 11.5. The second-order valence-electron chi connectivity index (χ2n) is 4.48. The van der Waals surface area contributed by atoms with Crippen LogP contribution in [0.4, 0.5) is 16.2 Å². The quantitative estimate of drug-likeness (QED) is 0.831. The third-order valence-corrected chi connectivity index (χ3v) is 3.36. The van der Waals surface area contributed by atoms with Gasteiger partial charge in [-0.1, -0.05) is 17.7 Å². The Bertz CT molecular complexity index is 470. The van der Waals surface area contributed by atoms with Gasteiger partial charge in [0.25, 0.3) is 0 Å². The van der Waals surface area contributed by atoms with Crippen LogP contribution in [0.2, 0.25) is 5.02 Å². The molecule has 0 atom stereocenters. The lowest BCUT2D eigenvalue weighted by Crippen LogP contribution is -2.28. The Labute approximate surface area is 118 Å². The molecule has 2 N–H and O–H groups in total. The van der Waals surface area contributed by atoms with Crippen molar-refractivity contribution in [3.63, 3.8) is 0 Å². The Balaban J connectivity index is 2.01. The van der Waals surface area contributed by atoms with Crippen molar-refractivity contribution in [2.24, 2.45) is 0 Å². The monoisotopic (exact) mass is 279 g/mol. The molecule has 0 aliphatic carbocycles. The normalized spacial score (nSPS) is 14.3. The third kappa shape index (κ3) is 3.64. The predicted molar refractivity (Wildman–Crippen MR) is 80.1 cm³/mol. The minimum Gasteiger partial charge on any atom is -0.370 e. The molecule has 0 aromatic heterocycles. The van der Waals surface area contributed by atoms with Gasteiger partial charge >= 0.3 is 6.03 Å². The van der Waals surface area contributed by atoms with Crippen molar-refractivity contribution in [3.8, 4) is 0 Å².